The van der Waals surface area contributed by atoms with Gasteiger partial charge in [0.05, 0.1) is 25.4 Å². The van der Waals surface area contributed by atoms with Crippen LogP contribution >= 0.6 is 0 Å². The van der Waals surface area contributed by atoms with E-state index in [2.05, 4.69) is 31.3 Å². The Balaban J connectivity index is 2.43. The largest absolute Gasteiger partial charge is 0.394 e. The smallest absolute Gasteiger partial charge is 0.253 e. The maximum atomic E-state index is 12.8. The number of carbonyl (C=O) groups is 1. The average Bonchev–Trinajstić information content (AvgIpc) is 3.08. The van der Waals surface area contributed by atoms with E-state index in [0.717, 1.165) is 57.8 Å². The van der Waals surface area contributed by atoms with Gasteiger partial charge in [-0.3, -0.25) is 4.79 Å². The molecule has 0 radical (unpaired) electrons. The molecular formula is C38H71NO9. The molecule has 0 saturated carbocycles. The number of hydrogen-bond donors (Lipinski definition) is 7. The summed E-state index contributed by atoms with van der Waals surface area (Å²) >= 11 is 0. The van der Waals surface area contributed by atoms with Crippen LogP contribution in [0.15, 0.2) is 24.3 Å². The van der Waals surface area contributed by atoms with Gasteiger partial charge in [0, 0.05) is 0 Å². The van der Waals surface area contributed by atoms with Gasteiger partial charge in [0.25, 0.3) is 5.91 Å². The summed E-state index contributed by atoms with van der Waals surface area (Å²) in [6, 6.07) is -0.932. The second-order valence-electron chi connectivity index (χ2n) is 13.5. The lowest BCUT2D eigenvalue weighted by molar-refractivity contribution is -0.302. The number of hydrogen-bond acceptors (Lipinski definition) is 9. The summed E-state index contributed by atoms with van der Waals surface area (Å²) in [5.74, 6) is -0.689. The molecule has 0 aromatic rings. The van der Waals surface area contributed by atoms with Gasteiger partial charge >= 0.3 is 0 Å². The summed E-state index contributed by atoms with van der Waals surface area (Å²) in [6.45, 7) is 3.47. The molecule has 48 heavy (non-hydrogen) atoms. The topological polar surface area (TPSA) is 169 Å². The van der Waals surface area contributed by atoms with Crippen molar-refractivity contribution in [1.82, 2.24) is 5.32 Å². The van der Waals surface area contributed by atoms with Crippen LogP contribution in [0, 0.1) is 0 Å². The van der Waals surface area contributed by atoms with Crippen molar-refractivity contribution in [3.05, 3.63) is 24.3 Å². The van der Waals surface area contributed by atoms with Crippen molar-refractivity contribution in [3.63, 3.8) is 0 Å². The molecule has 0 aromatic heterocycles. The van der Waals surface area contributed by atoms with E-state index in [9.17, 15) is 35.4 Å². The predicted octanol–water partition coefficient (Wildman–Crippen LogP) is 5.35. The molecule has 10 heteroatoms. The second-order valence-corrected chi connectivity index (χ2v) is 13.5. The van der Waals surface area contributed by atoms with Crippen LogP contribution in [0.25, 0.3) is 0 Å². The fourth-order valence-electron chi connectivity index (χ4n) is 5.90. The van der Waals surface area contributed by atoms with Crippen LogP contribution in [0.3, 0.4) is 0 Å². The molecule has 0 bridgehead atoms. The average molecular weight is 686 g/mol. The van der Waals surface area contributed by atoms with Gasteiger partial charge < -0.3 is 45.4 Å². The third-order valence-corrected chi connectivity index (χ3v) is 9.15. The number of unbranched alkanes of at least 4 members (excludes halogenated alkanes) is 17. The number of amides is 1. The highest BCUT2D eigenvalue weighted by Gasteiger charge is 2.44. The van der Waals surface area contributed by atoms with E-state index in [1.165, 1.54) is 76.7 Å². The highest BCUT2D eigenvalue weighted by atomic mass is 16.7. The molecule has 1 aliphatic rings. The number of nitrogens with one attached hydrogen (secondary N) is 1. The molecular weight excluding hydrogens is 614 g/mol. The second kappa shape index (κ2) is 29.4. The molecule has 1 amide bonds. The molecule has 1 rings (SSSR count). The Kier molecular flexibility index (Phi) is 27.3. The van der Waals surface area contributed by atoms with Crippen molar-refractivity contribution >= 4 is 5.91 Å². The van der Waals surface area contributed by atoms with Gasteiger partial charge in [0.1, 0.15) is 24.4 Å². The Morgan fingerprint density at radius 3 is 1.79 bits per heavy atom. The molecule has 1 aliphatic heterocycles. The molecule has 1 heterocycles. The lowest BCUT2D eigenvalue weighted by atomic mass is 9.99. The molecule has 1 saturated heterocycles. The fourth-order valence-corrected chi connectivity index (χ4v) is 5.90. The van der Waals surface area contributed by atoms with Crippen molar-refractivity contribution in [2.45, 2.75) is 198 Å². The third kappa shape index (κ3) is 20.3. The first kappa shape index (κ1) is 44.7. The maximum absolute atomic E-state index is 12.8. The van der Waals surface area contributed by atoms with E-state index in [0.29, 0.717) is 6.42 Å². The molecule has 7 N–H and O–H groups in total. The van der Waals surface area contributed by atoms with Crippen LogP contribution in [0.4, 0.5) is 0 Å². The van der Waals surface area contributed by atoms with Crippen LogP contribution in [0.5, 0.6) is 0 Å². The summed E-state index contributed by atoms with van der Waals surface area (Å²) in [7, 11) is 0. The molecule has 8 atom stereocenters. The van der Waals surface area contributed by atoms with E-state index in [1.807, 2.05) is 0 Å². The zero-order valence-corrected chi connectivity index (χ0v) is 30.1. The van der Waals surface area contributed by atoms with E-state index < -0.39 is 61.5 Å². The number of aliphatic hydroxyl groups is 6. The van der Waals surface area contributed by atoms with Crippen LogP contribution in [-0.2, 0) is 14.3 Å². The van der Waals surface area contributed by atoms with Gasteiger partial charge in [0.2, 0.25) is 0 Å². The molecule has 8 unspecified atom stereocenters. The Hall–Kier alpha value is -1.37. The van der Waals surface area contributed by atoms with E-state index >= 15 is 0 Å². The lowest BCUT2D eigenvalue weighted by Gasteiger charge is -2.40. The summed E-state index contributed by atoms with van der Waals surface area (Å²) < 4.78 is 11.0. The first-order valence-corrected chi connectivity index (χ1v) is 19.2. The quantitative estimate of drug-likeness (QED) is 0.0389. The van der Waals surface area contributed by atoms with Crippen molar-refractivity contribution in [3.8, 4) is 0 Å². The fraction of sp³-hybridized carbons (Fsp3) is 0.868. The SMILES string of the molecule is CCCCCC=CC(O)C(=O)NC(COC1OC(CO)C(O)C(O)C1O)C(O)CCCCCC=CCCCCCCCCCCCCC. The van der Waals surface area contributed by atoms with Crippen molar-refractivity contribution < 1.29 is 44.9 Å². The number of aliphatic hydroxyl groups excluding tert-OH is 6. The van der Waals surface area contributed by atoms with Crippen LogP contribution in [0.2, 0.25) is 0 Å². The van der Waals surface area contributed by atoms with Gasteiger partial charge in [-0.15, -0.1) is 0 Å². The highest BCUT2D eigenvalue weighted by molar-refractivity contribution is 5.82. The first-order valence-electron chi connectivity index (χ1n) is 19.2. The Labute approximate surface area is 291 Å². The van der Waals surface area contributed by atoms with E-state index in [1.54, 1.807) is 6.08 Å². The first-order chi connectivity index (χ1) is 23.3. The van der Waals surface area contributed by atoms with E-state index in [4.69, 9.17) is 9.47 Å². The summed E-state index contributed by atoms with van der Waals surface area (Å²) in [6.07, 6.45) is 21.8. The van der Waals surface area contributed by atoms with Crippen LogP contribution in [-0.4, -0.2) is 98.7 Å². The van der Waals surface area contributed by atoms with Crippen molar-refractivity contribution in [1.29, 1.82) is 0 Å². The van der Waals surface area contributed by atoms with Crippen molar-refractivity contribution in [2.24, 2.45) is 0 Å². The molecule has 0 aromatic carbocycles. The van der Waals surface area contributed by atoms with Crippen molar-refractivity contribution in [2.75, 3.05) is 13.2 Å². The van der Waals surface area contributed by atoms with Gasteiger partial charge in [-0.25, -0.2) is 0 Å². The maximum Gasteiger partial charge on any atom is 0.253 e. The minimum Gasteiger partial charge on any atom is -0.394 e. The summed E-state index contributed by atoms with van der Waals surface area (Å²) in [4.78, 5) is 12.8. The molecule has 0 aliphatic carbocycles. The Morgan fingerprint density at radius 1 is 0.708 bits per heavy atom. The molecule has 0 spiro atoms. The van der Waals surface area contributed by atoms with Gasteiger partial charge in [-0.2, -0.15) is 0 Å². The highest BCUT2D eigenvalue weighted by Crippen LogP contribution is 2.23. The molecule has 10 nitrogen and oxygen atoms in total. The number of rotatable bonds is 30. The Bertz CT molecular complexity index is 824. The van der Waals surface area contributed by atoms with Crippen LogP contribution < -0.4 is 5.32 Å². The number of ether oxygens (including phenoxy) is 2. The minimum absolute atomic E-state index is 0.287. The third-order valence-electron chi connectivity index (χ3n) is 9.15. The van der Waals surface area contributed by atoms with Gasteiger partial charge in [-0.1, -0.05) is 128 Å². The van der Waals surface area contributed by atoms with Gasteiger partial charge in [0.15, 0.2) is 12.4 Å². The number of carbonyl (C=O) groups excluding carboxylic acids is 1. The number of allylic oxidation sites excluding steroid dienone is 3. The van der Waals surface area contributed by atoms with Crippen LogP contribution in [0.1, 0.15) is 149 Å². The molecule has 282 valence electrons. The predicted molar refractivity (Wildman–Crippen MR) is 190 cm³/mol. The normalized spacial score (nSPS) is 23.5. The minimum atomic E-state index is -1.60. The van der Waals surface area contributed by atoms with Gasteiger partial charge in [-0.05, 0) is 44.9 Å². The Morgan fingerprint density at radius 2 is 1.21 bits per heavy atom. The standard InChI is InChI=1S/C38H71NO9/c1-3-5-7-9-10-11-12-13-14-15-16-17-18-19-20-21-23-24-26-31(41)30(39-37(46)32(42)27-25-22-8-6-4-2)29-47-38-36(45)35(44)34(43)33(28-40)48-38/h18-19,25,27,30-36,38,40-45H,3-17,20-24,26,28-29H2,1-2H3,(H,39,46). The van der Waals surface area contributed by atoms with E-state index in [-0.39, 0.29) is 6.61 Å². The molecule has 1 fully saturated rings. The lowest BCUT2D eigenvalue weighted by Crippen LogP contribution is -2.60. The monoisotopic (exact) mass is 686 g/mol. The summed E-state index contributed by atoms with van der Waals surface area (Å²) in [5, 5.41) is 63.9. The zero-order valence-electron chi connectivity index (χ0n) is 30.1. The summed E-state index contributed by atoms with van der Waals surface area (Å²) in [5.41, 5.74) is 0. The zero-order chi connectivity index (χ0) is 35.4.